The van der Waals surface area contributed by atoms with Gasteiger partial charge in [-0.2, -0.15) is 0 Å². The van der Waals surface area contributed by atoms with E-state index in [0.717, 1.165) is 23.1 Å². The first-order valence-corrected chi connectivity index (χ1v) is 13.4. The van der Waals surface area contributed by atoms with Crippen LogP contribution in [0.25, 0.3) is 10.9 Å². The molecule has 0 aliphatic heterocycles. The molecule has 0 aliphatic rings. The summed E-state index contributed by atoms with van der Waals surface area (Å²) in [4.78, 5) is 26.7. The highest BCUT2D eigenvalue weighted by atomic mass is 32.2. The predicted molar refractivity (Wildman–Crippen MR) is 155 cm³/mol. The number of hydrogen-bond acceptors (Lipinski definition) is 4. The first-order valence-electron chi connectivity index (χ1n) is 12.2. The molecule has 0 aliphatic carbocycles. The average molecular weight is 520 g/mol. The Hall–Kier alpha value is -3.71. The number of carbonyl (C=O) groups excluding carboxylic acids is 2. The molecule has 6 nitrogen and oxygen atoms in total. The van der Waals surface area contributed by atoms with Crippen LogP contribution in [0.1, 0.15) is 35.5 Å². The van der Waals surface area contributed by atoms with Crippen LogP contribution in [0.2, 0.25) is 0 Å². The number of H-pyrrole nitrogens is 1. The first kappa shape index (κ1) is 29.5. The van der Waals surface area contributed by atoms with E-state index in [9.17, 15) is 9.59 Å². The summed E-state index contributed by atoms with van der Waals surface area (Å²) in [5.74, 6) is 0.534. The quantitative estimate of drug-likeness (QED) is 0.197. The molecule has 0 spiro atoms. The highest BCUT2D eigenvalue weighted by Gasteiger charge is 2.11. The second-order valence-electron chi connectivity index (χ2n) is 8.39. The van der Waals surface area contributed by atoms with Gasteiger partial charge in [0.2, 0.25) is 6.41 Å². The van der Waals surface area contributed by atoms with Crippen LogP contribution in [0, 0.1) is 6.92 Å². The molecule has 0 bridgehead atoms. The van der Waals surface area contributed by atoms with Crippen molar-refractivity contribution in [2.75, 3.05) is 19.9 Å². The molecule has 0 radical (unpaired) electrons. The number of aryl methyl sites for hydroxylation is 2. The van der Waals surface area contributed by atoms with E-state index in [0.29, 0.717) is 18.6 Å². The normalized spacial score (nSPS) is 10.7. The van der Waals surface area contributed by atoms with Gasteiger partial charge < -0.3 is 20.4 Å². The van der Waals surface area contributed by atoms with Gasteiger partial charge in [0.15, 0.2) is 0 Å². The molecular weight excluding hydrogens is 482 g/mol. The fourth-order valence-electron chi connectivity index (χ4n) is 3.30. The number of rotatable bonds is 8. The lowest BCUT2D eigenvalue weighted by molar-refractivity contribution is -0.110. The van der Waals surface area contributed by atoms with Gasteiger partial charge in [-0.1, -0.05) is 55.0 Å². The molecule has 0 fully saturated rings. The number of benzene rings is 3. The van der Waals surface area contributed by atoms with Gasteiger partial charge in [-0.25, -0.2) is 0 Å². The first-order chi connectivity index (χ1) is 17.9. The summed E-state index contributed by atoms with van der Waals surface area (Å²) < 4.78 is 5.14. The fraction of sp³-hybridized carbons (Fsp3) is 0.267. The molecule has 2 amide bonds. The van der Waals surface area contributed by atoms with Gasteiger partial charge in [0.05, 0.1) is 7.11 Å². The minimum atomic E-state index is -0.209. The second-order valence-corrected chi connectivity index (χ2v) is 9.27. The number of ether oxygens (including phenoxy) is 1. The van der Waals surface area contributed by atoms with Crippen molar-refractivity contribution in [2.24, 2.45) is 0 Å². The van der Waals surface area contributed by atoms with E-state index in [-0.39, 0.29) is 11.9 Å². The molecule has 7 heteroatoms. The summed E-state index contributed by atoms with van der Waals surface area (Å²) in [6.07, 6.45) is 3.86. The van der Waals surface area contributed by atoms with Crippen molar-refractivity contribution in [3.05, 3.63) is 95.7 Å². The summed E-state index contributed by atoms with van der Waals surface area (Å²) in [6, 6.07) is 26.1. The Labute approximate surface area is 224 Å². The van der Waals surface area contributed by atoms with Crippen molar-refractivity contribution >= 4 is 35.0 Å². The van der Waals surface area contributed by atoms with Gasteiger partial charge in [-0.3, -0.25) is 9.59 Å². The summed E-state index contributed by atoms with van der Waals surface area (Å²) in [5, 5.41) is 6.23. The molecule has 196 valence electrons. The smallest absolute Gasteiger partial charge is 0.267 e. The lowest BCUT2D eigenvalue weighted by Crippen LogP contribution is -2.38. The van der Waals surface area contributed by atoms with Crippen LogP contribution in [0.4, 0.5) is 0 Å². The number of amides is 2. The van der Waals surface area contributed by atoms with E-state index < -0.39 is 0 Å². The molecule has 4 rings (SSSR count). The average Bonchev–Trinajstić information content (AvgIpc) is 3.36. The van der Waals surface area contributed by atoms with Gasteiger partial charge in [0, 0.05) is 28.4 Å². The van der Waals surface area contributed by atoms with Crippen molar-refractivity contribution in [1.29, 1.82) is 0 Å². The van der Waals surface area contributed by atoms with Gasteiger partial charge in [-0.05, 0) is 68.5 Å². The van der Waals surface area contributed by atoms with Gasteiger partial charge in [0.1, 0.15) is 11.4 Å². The molecule has 0 saturated heterocycles. The molecule has 0 saturated carbocycles. The number of carbonyl (C=O) groups is 2. The van der Waals surface area contributed by atoms with E-state index in [1.165, 1.54) is 16.0 Å². The highest BCUT2D eigenvalue weighted by molar-refractivity contribution is 7.98. The SMILES string of the molecule is CCc1cccc(SC)c1.COc1ccc2[nH]c(C(=O)NC[C@H](C)NC=O)cc2c1.Cc1ccccc1. The lowest BCUT2D eigenvalue weighted by atomic mass is 10.2. The molecule has 37 heavy (non-hydrogen) atoms. The van der Waals surface area contributed by atoms with Crippen LogP contribution >= 0.6 is 11.8 Å². The molecule has 3 N–H and O–H groups in total. The van der Waals surface area contributed by atoms with Crippen molar-refractivity contribution in [3.63, 3.8) is 0 Å². The number of fused-ring (bicyclic) bond motifs is 1. The van der Waals surface area contributed by atoms with E-state index in [1.54, 1.807) is 24.9 Å². The third kappa shape index (κ3) is 10.4. The maximum Gasteiger partial charge on any atom is 0.267 e. The number of nitrogens with one attached hydrogen (secondary N) is 3. The van der Waals surface area contributed by atoms with Gasteiger partial charge in [0.25, 0.3) is 5.91 Å². The number of methoxy groups -OCH3 is 1. The number of aromatic amines is 1. The number of aromatic nitrogens is 1. The molecule has 1 aromatic heterocycles. The second kappa shape index (κ2) is 16.1. The predicted octanol–water partition coefficient (Wildman–Crippen LogP) is 6.01. The zero-order chi connectivity index (χ0) is 27.0. The van der Waals surface area contributed by atoms with E-state index >= 15 is 0 Å². The number of thioether (sulfide) groups is 1. The zero-order valence-electron chi connectivity index (χ0n) is 22.2. The molecule has 1 heterocycles. The summed E-state index contributed by atoms with van der Waals surface area (Å²) in [6.45, 7) is 6.44. The van der Waals surface area contributed by atoms with Crippen molar-refractivity contribution in [3.8, 4) is 5.75 Å². The third-order valence-corrected chi connectivity index (χ3v) is 6.20. The molecule has 0 unspecified atom stereocenters. The Bertz CT molecular complexity index is 1220. The van der Waals surface area contributed by atoms with Gasteiger partial charge in [-0.15, -0.1) is 11.8 Å². The maximum absolute atomic E-state index is 12.0. The van der Waals surface area contributed by atoms with Crippen LogP contribution in [0.15, 0.2) is 83.8 Å². The van der Waals surface area contributed by atoms with Crippen LogP contribution in [0.5, 0.6) is 5.75 Å². The van der Waals surface area contributed by atoms with Crippen LogP contribution in [-0.4, -0.2) is 43.3 Å². The third-order valence-electron chi connectivity index (χ3n) is 5.48. The highest BCUT2D eigenvalue weighted by Crippen LogP contribution is 2.21. The summed E-state index contributed by atoms with van der Waals surface area (Å²) >= 11 is 1.80. The molecular formula is C30H37N3O3S. The van der Waals surface area contributed by atoms with Crippen LogP contribution in [0.3, 0.4) is 0 Å². The minimum absolute atomic E-state index is 0.110. The van der Waals surface area contributed by atoms with E-state index in [1.807, 2.05) is 43.3 Å². The van der Waals surface area contributed by atoms with Gasteiger partial charge >= 0.3 is 0 Å². The number of hydrogen-bond donors (Lipinski definition) is 3. The Kier molecular flexibility index (Phi) is 12.9. The molecule has 1 atom stereocenters. The zero-order valence-corrected chi connectivity index (χ0v) is 23.0. The maximum atomic E-state index is 12.0. The Morgan fingerprint density at radius 2 is 1.81 bits per heavy atom. The van der Waals surface area contributed by atoms with Crippen molar-refractivity contribution in [1.82, 2.24) is 15.6 Å². The summed E-state index contributed by atoms with van der Waals surface area (Å²) in [5.41, 5.74) is 4.09. The Morgan fingerprint density at radius 3 is 2.41 bits per heavy atom. The largest absolute Gasteiger partial charge is 0.497 e. The van der Waals surface area contributed by atoms with E-state index in [2.05, 4.69) is 72.1 Å². The van der Waals surface area contributed by atoms with Crippen molar-refractivity contribution < 1.29 is 14.3 Å². The van der Waals surface area contributed by atoms with E-state index in [4.69, 9.17) is 4.74 Å². The standard InChI is InChI=1S/C14H17N3O3.C9H12S.C7H8/c1-9(16-8-18)7-15-14(19)13-6-10-5-11(20-2)3-4-12(10)17-13;1-3-8-5-4-6-9(7-8)10-2;1-7-5-3-2-4-6-7/h3-6,8-9,17H,7H2,1-2H3,(H,15,19)(H,16,18);4-7H,3H2,1-2H3;2-6H,1H3/t9-;;/m0../s1. The fourth-order valence-corrected chi connectivity index (χ4v) is 3.79. The minimum Gasteiger partial charge on any atom is -0.497 e. The Morgan fingerprint density at radius 1 is 1.05 bits per heavy atom. The molecule has 4 aromatic rings. The van der Waals surface area contributed by atoms with Crippen LogP contribution in [-0.2, 0) is 11.2 Å². The topological polar surface area (TPSA) is 83.2 Å². The Balaban J connectivity index is 0.000000233. The molecule has 3 aromatic carbocycles. The lowest BCUT2D eigenvalue weighted by Gasteiger charge is -2.10. The van der Waals surface area contributed by atoms with Crippen molar-refractivity contribution in [2.45, 2.75) is 38.1 Å². The summed E-state index contributed by atoms with van der Waals surface area (Å²) in [7, 11) is 1.60. The monoisotopic (exact) mass is 519 g/mol. The van der Waals surface area contributed by atoms with Crippen LogP contribution < -0.4 is 15.4 Å².